The normalized spacial score (nSPS) is 20.2. The number of hydrogen-bond donors (Lipinski definition) is 2. The maximum atomic E-state index is 12.0. The van der Waals surface area contributed by atoms with Gasteiger partial charge in [-0.25, -0.2) is 9.78 Å². The van der Waals surface area contributed by atoms with Gasteiger partial charge in [-0.05, 0) is 18.8 Å². The number of anilines is 1. The van der Waals surface area contributed by atoms with Crippen LogP contribution in [0.1, 0.15) is 37.5 Å². The van der Waals surface area contributed by atoms with Gasteiger partial charge in [0.15, 0.2) is 5.13 Å². The van der Waals surface area contributed by atoms with Crippen LogP contribution in [0.2, 0.25) is 0 Å². The molecule has 1 unspecified atom stereocenters. The Morgan fingerprint density at radius 3 is 3.06 bits per heavy atom. The highest BCUT2D eigenvalue weighted by atomic mass is 32.1. The Kier molecular flexibility index (Phi) is 4.19. The molecule has 0 aromatic carbocycles. The summed E-state index contributed by atoms with van der Waals surface area (Å²) in [6.45, 7) is 5.31. The summed E-state index contributed by atoms with van der Waals surface area (Å²) in [6.07, 6.45) is 3.03. The molecule has 1 atom stereocenters. The van der Waals surface area contributed by atoms with E-state index >= 15 is 0 Å². The van der Waals surface area contributed by atoms with E-state index in [9.17, 15) is 9.90 Å². The molecule has 2 heterocycles. The molecule has 1 fully saturated rings. The lowest BCUT2D eigenvalue weighted by Gasteiger charge is -2.29. The number of hydrogen-bond acceptors (Lipinski definition) is 4. The zero-order valence-electron chi connectivity index (χ0n) is 10.7. The first kappa shape index (κ1) is 13.3. The minimum Gasteiger partial charge on any atom is -0.391 e. The largest absolute Gasteiger partial charge is 0.391 e. The van der Waals surface area contributed by atoms with Gasteiger partial charge in [0.1, 0.15) is 0 Å². The molecule has 1 saturated heterocycles. The predicted molar refractivity (Wildman–Crippen MR) is 72.0 cm³/mol. The van der Waals surface area contributed by atoms with E-state index in [-0.39, 0.29) is 6.03 Å². The maximum Gasteiger partial charge on any atom is 0.323 e. The second-order valence-electron chi connectivity index (χ2n) is 4.89. The molecular weight excluding hydrogens is 250 g/mol. The topological polar surface area (TPSA) is 65.5 Å². The molecule has 5 nitrogen and oxygen atoms in total. The number of thiazole rings is 1. The zero-order valence-corrected chi connectivity index (χ0v) is 11.5. The summed E-state index contributed by atoms with van der Waals surface area (Å²) in [7, 11) is 0. The number of aliphatic hydroxyl groups excluding tert-OH is 1. The van der Waals surface area contributed by atoms with Gasteiger partial charge in [-0.1, -0.05) is 13.8 Å². The Labute approximate surface area is 111 Å². The number of carbonyl (C=O) groups excluding carboxylic acids is 1. The molecule has 1 aliphatic rings. The summed E-state index contributed by atoms with van der Waals surface area (Å²) in [6, 6.07) is -0.168. The molecule has 0 aliphatic carbocycles. The molecule has 0 saturated carbocycles. The molecule has 18 heavy (non-hydrogen) atoms. The smallest absolute Gasteiger partial charge is 0.323 e. The lowest BCUT2D eigenvalue weighted by atomic mass is 10.1. The minimum absolute atomic E-state index is 0.168. The summed E-state index contributed by atoms with van der Waals surface area (Å²) in [5, 5.41) is 13.0. The van der Waals surface area contributed by atoms with Gasteiger partial charge < -0.3 is 10.0 Å². The summed E-state index contributed by atoms with van der Waals surface area (Å²) < 4.78 is 0. The number of piperidine rings is 1. The van der Waals surface area contributed by atoms with E-state index in [2.05, 4.69) is 24.1 Å². The molecule has 0 spiro atoms. The van der Waals surface area contributed by atoms with Crippen LogP contribution < -0.4 is 5.32 Å². The van der Waals surface area contributed by atoms with Crippen molar-refractivity contribution < 1.29 is 9.90 Å². The summed E-state index contributed by atoms with van der Waals surface area (Å²) >= 11 is 1.50. The van der Waals surface area contributed by atoms with Crippen LogP contribution in [-0.2, 0) is 0 Å². The number of urea groups is 1. The lowest BCUT2D eigenvalue weighted by Crippen LogP contribution is -2.44. The van der Waals surface area contributed by atoms with Crippen molar-refractivity contribution in [2.24, 2.45) is 0 Å². The van der Waals surface area contributed by atoms with Crippen LogP contribution in [0.5, 0.6) is 0 Å². The van der Waals surface area contributed by atoms with E-state index < -0.39 is 6.10 Å². The van der Waals surface area contributed by atoms with Crippen LogP contribution in [-0.4, -0.2) is 40.2 Å². The van der Waals surface area contributed by atoms with Crippen LogP contribution in [0.3, 0.4) is 0 Å². The van der Waals surface area contributed by atoms with Gasteiger partial charge in [0.25, 0.3) is 0 Å². The van der Waals surface area contributed by atoms with Gasteiger partial charge in [-0.3, -0.25) is 5.32 Å². The highest BCUT2D eigenvalue weighted by Gasteiger charge is 2.22. The van der Waals surface area contributed by atoms with Gasteiger partial charge in [0.2, 0.25) is 0 Å². The van der Waals surface area contributed by atoms with E-state index in [1.54, 1.807) is 11.1 Å². The van der Waals surface area contributed by atoms with Crippen molar-refractivity contribution in [2.45, 2.75) is 38.7 Å². The first-order valence-electron chi connectivity index (χ1n) is 6.26. The van der Waals surface area contributed by atoms with Gasteiger partial charge in [0, 0.05) is 24.2 Å². The van der Waals surface area contributed by atoms with Crippen molar-refractivity contribution in [1.82, 2.24) is 9.88 Å². The van der Waals surface area contributed by atoms with Crippen molar-refractivity contribution in [2.75, 3.05) is 18.4 Å². The number of rotatable bonds is 2. The fourth-order valence-corrected chi connectivity index (χ4v) is 2.73. The number of likely N-dealkylation sites (tertiary alicyclic amines) is 1. The Hall–Kier alpha value is -1.14. The number of amides is 2. The van der Waals surface area contributed by atoms with Gasteiger partial charge in [-0.15, -0.1) is 11.3 Å². The number of nitrogens with one attached hydrogen (secondary N) is 1. The molecule has 0 radical (unpaired) electrons. The van der Waals surface area contributed by atoms with E-state index in [1.807, 2.05) is 0 Å². The zero-order chi connectivity index (χ0) is 13.1. The van der Waals surface area contributed by atoms with Crippen molar-refractivity contribution in [3.63, 3.8) is 0 Å². The highest BCUT2D eigenvalue weighted by molar-refractivity contribution is 7.15. The van der Waals surface area contributed by atoms with Crippen molar-refractivity contribution >= 4 is 22.5 Å². The monoisotopic (exact) mass is 269 g/mol. The Bertz CT molecular complexity index is 419. The third-order valence-corrected chi connectivity index (χ3v) is 4.20. The third-order valence-electron chi connectivity index (χ3n) is 2.99. The third kappa shape index (κ3) is 3.20. The standard InChI is InChI=1S/C12H19N3O2S/c1-8(2)10-6-13-11(18-10)14-12(17)15-5-3-4-9(16)7-15/h6,8-9,16H,3-5,7H2,1-2H3,(H,13,14,17). The fraction of sp³-hybridized carbons (Fsp3) is 0.667. The summed E-state index contributed by atoms with van der Waals surface area (Å²) in [5.41, 5.74) is 0. The second-order valence-corrected chi connectivity index (χ2v) is 5.96. The molecule has 1 aliphatic heterocycles. The van der Waals surface area contributed by atoms with E-state index in [4.69, 9.17) is 0 Å². The van der Waals surface area contributed by atoms with Gasteiger partial charge in [-0.2, -0.15) is 0 Å². The van der Waals surface area contributed by atoms with Crippen LogP contribution in [0.15, 0.2) is 6.20 Å². The van der Waals surface area contributed by atoms with E-state index in [1.165, 1.54) is 11.3 Å². The molecule has 1 aromatic heterocycles. The average molecular weight is 269 g/mol. The van der Waals surface area contributed by atoms with Gasteiger partial charge in [0.05, 0.1) is 6.10 Å². The number of aliphatic hydroxyl groups is 1. The van der Waals surface area contributed by atoms with E-state index in [0.29, 0.717) is 24.1 Å². The molecule has 1 aromatic rings. The molecule has 2 amide bonds. The maximum absolute atomic E-state index is 12.0. The second kappa shape index (κ2) is 5.67. The molecule has 2 N–H and O–H groups in total. The van der Waals surface area contributed by atoms with Crippen LogP contribution in [0, 0.1) is 0 Å². The van der Waals surface area contributed by atoms with Crippen molar-refractivity contribution in [3.05, 3.63) is 11.1 Å². The lowest BCUT2D eigenvalue weighted by molar-refractivity contribution is 0.0883. The average Bonchev–Trinajstić information content (AvgIpc) is 2.77. The first-order valence-corrected chi connectivity index (χ1v) is 7.07. The predicted octanol–water partition coefficient (Wildman–Crippen LogP) is 2.26. The number of nitrogens with zero attached hydrogens (tertiary/aromatic N) is 2. The number of carbonyl (C=O) groups is 1. The molecular formula is C12H19N3O2S. The van der Waals surface area contributed by atoms with Crippen molar-refractivity contribution in [3.8, 4) is 0 Å². The first-order chi connectivity index (χ1) is 8.56. The summed E-state index contributed by atoms with van der Waals surface area (Å²) in [4.78, 5) is 19.0. The van der Waals surface area contributed by atoms with Crippen molar-refractivity contribution in [1.29, 1.82) is 0 Å². The molecule has 100 valence electrons. The van der Waals surface area contributed by atoms with Crippen LogP contribution in [0.25, 0.3) is 0 Å². The van der Waals surface area contributed by atoms with E-state index in [0.717, 1.165) is 17.7 Å². The SMILES string of the molecule is CC(C)c1cnc(NC(=O)N2CCCC(O)C2)s1. The highest BCUT2D eigenvalue weighted by Crippen LogP contribution is 2.25. The van der Waals surface area contributed by atoms with Crippen LogP contribution >= 0.6 is 11.3 Å². The Morgan fingerprint density at radius 2 is 2.44 bits per heavy atom. The summed E-state index contributed by atoms with van der Waals surface area (Å²) in [5.74, 6) is 0.421. The number of aromatic nitrogens is 1. The minimum atomic E-state index is -0.396. The number of β-amino-alcohol motifs (C(OH)–C–C–N with tert-alkyl or cyclic N) is 1. The molecule has 6 heteroatoms. The Balaban J connectivity index is 1.93. The molecule has 0 bridgehead atoms. The van der Waals surface area contributed by atoms with Crippen LogP contribution in [0.4, 0.5) is 9.93 Å². The Morgan fingerprint density at radius 1 is 1.67 bits per heavy atom. The fourth-order valence-electron chi connectivity index (χ4n) is 1.92. The van der Waals surface area contributed by atoms with Gasteiger partial charge >= 0.3 is 6.03 Å². The molecule has 2 rings (SSSR count). The quantitative estimate of drug-likeness (QED) is 0.865.